The number of carbonyl (C=O) groups excluding carboxylic acids is 1. The average molecular weight is 284 g/mol. The average Bonchev–Trinajstić information content (AvgIpc) is 2.75. The number of halogens is 2. The summed E-state index contributed by atoms with van der Waals surface area (Å²) >= 11 is 5.87. The summed E-state index contributed by atoms with van der Waals surface area (Å²) in [5.41, 5.74) is 1.74. The van der Waals surface area contributed by atoms with Gasteiger partial charge in [0.2, 0.25) is 5.91 Å². The number of imidazole rings is 1. The first-order valence-electron chi connectivity index (χ1n) is 5.94. The van der Waals surface area contributed by atoms with E-state index >= 15 is 0 Å². The van der Waals surface area contributed by atoms with E-state index in [-0.39, 0.29) is 17.6 Å². The highest BCUT2D eigenvalue weighted by Crippen LogP contribution is 2.25. The summed E-state index contributed by atoms with van der Waals surface area (Å²) in [6.07, 6.45) is 0. The second-order valence-corrected chi connectivity index (χ2v) is 4.68. The fourth-order valence-electron chi connectivity index (χ4n) is 2.12. The normalized spacial score (nSPS) is 12.7. The Kier molecular flexibility index (Phi) is 3.75. The molecule has 1 heterocycles. The van der Waals surface area contributed by atoms with Crippen molar-refractivity contribution >= 4 is 28.5 Å². The van der Waals surface area contributed by atoms with Crippen molar-refractivity contribution < 1.29 is 9.18 Å². The zero-order valence-electron chi connectivity index (χ0n) is 11.0. The number of carbonyl (C=O) groups is 1. The number of fused-ring (bicyclic) bond motifs is 1. The van der Waals surface area contributed by atoms with Crippen LogP contribution in [0.25, 0.3) is 11.0 Å². The molecular weight excluding hydrogens is 269 g/mol. The lowest BCUT2D eigenvalue weighted by atomic mass is 10.2. The molecule has 1 atom stereocenters. The largest absolute Gasteiger partial charge is 0.357 e. The Bertz CT molecular complexity index is 638. The van der Waals surface area contributed by atoms with Gasteiger partial charge >= 0.3 is 0 Å². The molecule has 0 aliphatic heterocycles. The Morgan fingerprint density at radius 3 is 2.84 bits per heavy atom. The highest BCUT2D eigenvalue weighted by molar-refractivity contribution is 6.17. The number of alkyl halides is 1. The fraction of sp³-hybridized carbons (Fsp3) is 0.385. The first-order chi connectivity index (χ1) is 8.99. The molecule has 0 aliphatic rings. The lowest BCUT2D eigenvalue weighted by Crippen LogP contribution is -2.28. The molecule has 2 aromatic rings. The van der Waals surface area contributed by atoms with E-state index in [9.17, 15) is 9.18 Å². The van der Waals surface area contributed by atoms with Gasteiger partial charge in [0, 0.05) is 13.1 Å². The van der Waals surface area contributed by atoms with Gasteiger partial charge in [-0.1, -0.05) is 0 Å². The van der Waals surface area contributed by atoms with Gasteiger partial charge in [-0.25, -0.2) is 9.37 Å². The topological polar surface area (TPSA) is 46.9 Å². The van der Waals surface area contributed by atoms with Crippen LogP contribution in [0.3, 0.4) is 0 Å². The van der Waals surface area contributed by atoms with Crippen molar-refractivity contribution in [2.45, 2.75) is 25.8 Å². The molecule has 0 radical (unpaired) electrons. The molecule has 1 N–H and O–H groups in total. The van der Waals surface area contributed by atoms with Gasteiger partial charge in [-0.3, -0.25) is 4.79 Å². The Hall–Kier alpha value is -1.62. The fourth-order valence-corrected chi connectivity index (χ4v) is 2.31. The summed E-state index contributed by atoms with van der Waals surface area (Å²) < 4.78 is 15.3. The number of nitrogens with one attached hydrogen (secondary N) is 1. The Balaban J connectivity index is 2.70. The van der Waals surface area contributed by atoms with Crippen molar-refractivity contribution in [2.75, 3.05) is 7.05 Å². The molecule has 1 unspecified atom stereocenters. The van der Waals surface area contributed by atoms with Crippen molar-refractivity contribution in [1.29, 1.82) is 0 Å². The SMILES string of the molecule is CNC(=O)C(C)n1c(CCl)nc2cc(F)c(C)cc21. The minimum atomic E-state index is -0.450. The third-order valence-corrected chi connectivity index (χ3v) is 3.41. The number of amides is 1. The summed E-state index contributed by atoms with van der Waals surface area (Å²) in [4.78, 5) is 16.1. The zero-order valence-corrected chi connectivity index (χ0v) is 11.8. The van der Waals surface area contributed by atoms with E-state index in [1.807, 2.05) is 0 Å². The Morgan fingerprint density at radius 2 is 2.26 bits per heavy atom. The van der Waals surface area contributed by atoms with Gasteiger partial charge in [-0.15, -0.1) is 11.6 Å². The molecule has 4 nitrogen and oxygen atoms in total. The van der Waals surface area contributed by atoms with Gasteiger partial charge in [0.1, 0.15) is 17.7 Å². The van der Waals surface area contributed by atoms with Crippen LogP contribution in [-0.2, 0) is 10.7 Å². The van der Waals surface area contributed by atoms with Crippen LogP contribution in [0.15, 0.2) is 12.1 Å². The summed E-state index contributed by atoms with van der Waals surface area (Å²) in [7, 11) is 1.57. The summed E-state index contributed by atoms with van der Waals surface area (Å²) in [6.45, 7) is 3.44. The van der Waals surface area contributed by atoms with Crippen molar-refractivity contribution in [3.8, 4) is 0 Å². The molecule has 0 saturated heterocycles. The molecular formula is C13H15ClFN3O. The summed E-state index contributed by atoms with van der Waals surface area (Å²) in [5, 5.41) is 2.59. The zero-order chi connectivity index (χ0) is 14.2. The third-order valence-electron chi connectivity index (χ3n) is 3.18. The monoisotopic (exact) mass is 283 g/mol. The highest BCUT2D eigenvalue weighted by atomic mass is 35.5. The first kappa shape index (κ1) is 13.8. The Labute approximate surface area is 115 Å². The lowest BCUT2D eigenvalue weighted by Gasteiger charge is -2.15. The van der Waals surface area contributed by atoms with Gasteiger partial charge in [-0.05, 0) is 25.5 Å². The number of aryl methyl sites for hydroxylation is 1. The second-order valence-electron chi connectivity index (χ2n) is 4.41. The summed E-state index contributed by atoms with van der Waals surface area (Å²) in [6, 6.07) is 2.61. The third kappa shape index (κ3) is 2.30. The maximum absolute atomic E-state index is 13.6. The number of benzene rings is 1. The number of hydrogen-bond donors (Lipinski definition) is 1. The van der Waals surface area contributed by atoms with Crippen molar-refractivity contribution in [2.24, 2.45) is 0 Å². The number of rotatable bonds is 3. The predicted molar refractivity (Wildman–Crippen MR) is 72.8 cm³/mol. The molecule has 1 aromatic heterocycles. The predicted octanol–water partition coefficient (Wildman–Crippen LogP) is 2.53. The molecule has 1 amide bonds. The van der Waals surface area contributed by atoms with E-state index in [0.717, 1.165) is 0 Å². The molecule has 1 aromatic carbocycles. The van der Waals surface area contributed by atoms with Crippen LogP contribution < -0.4 is 5.32 Å². The van der Waals surface area contributed by atoms with Crippen molar-refractivity contribution in [1.82, 2.24) is 14.9 Å². The summed E-state index contributed by atoms with van der Waals surface area (Å²) in [5.74, 6) is 0.257. The second kappa shape index (κ2) is 5.17. The molecule has 0 saturated carbocycles. The van der Waals surface area contributed by atoms with E-state index in [2.05, 4.69) is 10.3 Å². The van der Waals surface area contributed by atoms with Gasteiger partial charge in [0.15, 0.2) is 0 Å². The Morgan fingerprint density at radius 1 is 1.58 bits per heavy atom. The lowest BCUT2D eigenvalue weighted by molar-refractivity contribution is -0.123. The first-order valence-corrected chi connectivity index (χ1v) is 6.47. The maximum atomic E-state index is 13.6. The maximum Gasteiger partial charge on any atom is 0.242 e. The highest BCUT2D eigenvalue weighted by Gasteiger charge is 2.21. The molecule has 0 aliphatic carbocycles. The van der Waals surface area contributed by atoms with Crippen LogP contribution in [0.1, 0.15) is 24.4 Å². The van der Waals surface area contributed by atoms with E-state index in [1.54, 1.807) is 31.5 Å². The molecule has 19 heavy (non-hydrogen) atoms. The molecule has 2 rings (SSSR count). The van der Waals surface area contributed by atoms with Crippen molar-refractivity contribution in [3.05, 3.63) is 29.3 Å². The van der Waals surface area contributed by atoms with Crippen LogP contribution in [-0.4, -0.2) is 22.5 Å². The van der Waals surface area contributed by atoms with Crippen LogP contribution >= 0.6 is 11.6 Å². The molecule has 0 spiro atoms. The van der Waals surface area contributed by atoms with E-state index in [1.165, 1.54) is 6.07 Å². The minimum absolute atomic E-state index is 0.146. The number of nitrogens with zero attached hydrogens (tertiary/aromatic N) is 2. The molecule has 102 valence electrons. The van der Waals surface area contributed by atoms with Crippen LogP contribution in [0.2, 0.25) is 0 Å². The smallest absolute Gasteiger partial charge is 0.242 e. The van der Waals surface area contributed by atoms with Crippen LogP contribution in [0.4, 0.5) is 4.39 Å². The molecule has 6 heteroatoms. The number of aromatic nitrogens is 2. The molecule has 0 bridgehead atoms. The van der Waals surface area contributed by atoms with Crippen molar-refractivity contribution in [3.63, 3.8) is 0 Å². The molecule has 0 fully saturated rings. The standard InChI is InChI=1S/C13H15ClFN3O/c1-7-4-11-10(5-9(7)15)17-12(6-14)18(11)8(2)13(19)16-3/h4-5,8H,6H2,1-3H3,(H,16,19). The van der Waals surface area contributed by atoms with E-state index in [4.69, 9.17) is 11.6 Å². The van der Waals surface area contributed by atoms with Crippen LogP contribution in [0.5, 0.6) is 0 Å². The quantitative estimate of drug-likeness (QED) is 0.880. The van der Waals surface area contributed by atoms with Gasteiger partial charge in [-0.2, -0.15) is 0 Å². The van der Waals surface area contributed by atoms with E-state index < -0.39 is 6.04 Å². The van der Waals surface area contributed by atoms with Crippen LogP contribution in [0, 0.1) is 12.7 Å². The van der Waals surface area contributed by atoms with Gasteiger partial charge in [0.25, 0.3) is 0 Å². The minimum Gasteiger partial charge on any atom is -0.357 e. The number of likely N-dealkylation sites (N-methyl/N-ethyl adjacent to an activating group) is 1. The van der Waals surface area contributed by atoms with E-state index in [0.29, 0.717) is 22.4 Å². The number of hydrogen-bond acceptors (Lipinski definition) is 2. The van der Waals surface area contributed by atoms with Gasteiger partial charge < -0.3 is 9.88 Å². The van der Waals surface area contributed by atoms with Gasteiger partial charge in [0.05, 0.1) is 16.9 Å².